The molecule has 4 aromatic carbocycles. The summed E-state index contributed by atoms with van der Waals surface area (Å²) in [6.07, 6.45) is 0.0861. The van der Waals surface area contributed by atoms with Crippen LogP contribution in [0.15, 0.2) is 84.9 Å². The fraction of sp³-hybridized carbons (Fsp3) is 0.258. The third kappa shape index (κ3) is 7.31. The second kappa shape index (κ2) is 12.7. The minimum absolute atomic E-state index is 0. The molecule has 0 saturated carbocycles. The standard InChI is InChI=1S/C31H32N2O3.ClH/c1-31(2,17-22-11-12-23-7-3-4-8-24(23)15-22)33-19-28(35)21-36-30-14-13-25(16-27(30)18-32)29-10-6-5-9-26(29)20-34;/h3-16,28,33-35H,17,19-21H2,1-2H3;1H/t28-;/m1./s1. The third-order valence-corrected chi connectivity index (χ3v) is 6.31. The van der Waals surface area contributed by atoms with Crippen LogP contribution in [-0.4, -0.2) is 35.0 Å². The monoisotopic (exact) mass is 516 g/mol. The number of β-amino-alcohol motifs (C(OH)–C–C–N with tert-alkyl or cyclic N) is 1. The van der Waals surface area contributed by atoms with E-state index in [4.69, 9.17) is 4.74 Å². The SMILES string of the molecule is CC(C)(Cc1ccc2ccccc2c1)NC[C@@H](O)COc1ccc(-c2ccccc2CO)cc1C#N.Cl. The highest BCUT2D eigenvalue weighted by atomic mass is 35.5. The first-order valence-electron chi connectivity index (χ1n) is 12.2. The van der Waals surface area contributed by atoms with E-state index in [1.54, 1.807) is 12.1 Å². The Morgan fingerprint density at radius 1 is 0.946 bits per heavy atom. The van der Waals surface area contributed by atoms with Gasteiger partial charge in [-0.3, -0.25) is 0 Å². The highest BCUT2D eigenvalue weighted by molar-refractivity contribution is 5.85. The van der Waals surface area contributed by atoms with E-state index in [0.29, 0.717) is 17.9 Å². The van der Waals surface area contributed by atoms with Crippen molar-refractivity contribution < 1.29 is 14.9 Å². The lowest BCUT2D eigenvalue weighted by molar-refractivity contribution is 0.0987. The molecule has 0 saturated heterocycles. The van der Waals surface area contributed by atoms with E-state index in [0.717, 1.165) is 23.1 Å². The second-order valence-corrected chi connectivity index (χ2v) is 9.73. The molecule has 0 aromatic heterocycles. The molecule has 4 rings (SSSR count). The van der Waals surface area contributed by atoms with Crippen LogP contribution >= 0.6 is 12.4 Å². The van der Waals surface area contributed by atoms with Crippen molar-refractivity contribution in [2.24, 2.45) is 0 Å². The molecule has 4 aromatic rings. The third-order valence-electron chi connectivity index (χ3n) is 6.31. The summed E-state index contributed by atoms with van der Waals surface area (Å²) in [6.45, 7) is 4.59. The van der Waals surface area contributed by atoms with Gasteiger partial charge in [-0.25, -0.2) is 0 Å². The minimum Gasteiger partial charge on any atom is -0.489 e. The molecule has 0 aliphatic carbocycles. The summed E-state index contributed by atoms with van der Waals surface area (Å²) in [5.74, 6) is 0.428. The van der Waals surface area contributed by atoms with Crippen molar-refractivity contribution in [2.75, 3.05) is 13.2 Å². The van der Waals surface area contributed by atoms with E-state index in [9.17, 15) is 15.5 Å². The summed E-state index contributed by atoms with van der Waals surface area (Å²) in [5.41, 5.74) is 3.91. The number of nitrogens with one attached hydrogen (secondary N) is 1. The maximum absolute atomic E-state index is 10.5. The van der Waals surface area contributed by atoms with Gasteiger partial charge in [0.25, 0.3) is 0 Å². The lowest BCUT2D eigenvalue weighted by Crippen LogP contribution is -2.46. The topological polar surface area (TPSA) is 85.5 Å². The van der Waals surface area contributed by atoms with Crippen LogP contribution in [-0.2, 0) is 13.0 Å². The average molecular weight is 517 g/mol. The molecule has 5 nitrogen and oxygen atoms in total. The van der Waals surface area contributed by atoms with E-state index in [1.807, 2.05) is 42.5 Å². The number of halogens is 1. The number of nitrogens with zero attached hydrogens (tertiary/aromatic N) is 1. The Labute approximate surface area is 224 Å². The van der Waals surface area contributed by atoms with Gasteiger partial charge in [0.05, 0.1) is 12.2 Å². The van der Waals surface area contributed by atoms with Crippen LogP contribution in [0.2, 0.25) is 0 Å². The van der Waals surface area contributed by atoms with Gasteiger partial charge in [0.15, 0.2) is 0 Å². The summed E-state index contributed by atoms with van der Waals surface area (Å²) >= 11 is 0. The highest BCUT2D eigenvalue weighted by Crippen LogP contribution is 2.29. The summed E-state index contributed by atoms with van der Waals surface area (Å²) in [6, 6.07) is 29.9. The zero-order chi connectivity index (χ0) is 25.5. The Balaban J connectivity index is 0.00000380. The normalized spacial score (nSPS) is 12.0. The van der Waals surface area contributed by atoms with Gasteiger partial charge in [-0.05, 0) is 65.4 Å². The summed E-state index contributed by atoms with van der Waals surface area (Å²) in [7, 11) is 0. The van der Waals surface area contributed by atoms with E-state index in [1.165, 1.54) is 16.3 Å². The Hall–Kier alpha value is -3.40. The van der Waals surface area contributed by atoms with Crippen molar-refractivity contribution in [3.05, 3.63) is 102 Å². The van der Waals surface area contributed by atoms with E-state index in [-0.39, 0.29) is 31.2 Å². The van der Waals surface area contributed by atoms with Crippen molar-refractivity contribution in [2.45, 2.75) is 38.5 Å². The lowest BCUT2D eigenvalue weighted by Gasteiger charge is -2.28. The molecular weight excluding hydrogens is 484 g/mol. The lowest BCUT2D eigenvalue weighted by atomic mass is 9.93. The van der Waals surface area contributed by atoms with Gasteiger partial charge in [-0.1, -0.05) is 72.8 Å². The van der Waals surface area contributed by atoms with E-state index in [2.05, 4.69) is 55.6 Å². The number of nitriles is 1. The van der Waals surface area contributed by atoms with Gasteiger partial charge in [0, 0.05) is 12.1 Å². The van der Waals surface area contributed by atoms with E-state index >= 15 is 0 Å². The summed E-state index contributed by atoms with van der Waals surface area (Å²) in [4.78, 5) is 0. The molecular formula is C31H33ClN2O3. The highest BCUT2D eigenvalue weighted by Gasteiger charge is 2.20. The van der Waals surface area contributed by atoms with Crippen molar-refractivity contribution in [1.82, 2.24) is 5.32 Å². The molecule has 3 N–H and O–H groups in total. The van der Waals surface area contributed by atoms with Crippen molar-refractivity contribution in [1.29, 1.82) is 5.26 Å². The molecule has 0 amide bonds. The quantitative estimate of drug-likeness (QED) is 0.254. The van der Waals surface area contributed by atoms with Gasteiger partial charge < -0.3 is 20.3 Å². The molecule has 192 valence electrons. The van der Waals surface area contributed by atoms with Crippen LogP contribution < -0.4 is 10.1 Å². The first-order valence-corrected chi connectivity index (χ1v) is 12.2. The summed E-state index contributed by atoms with van der Waals surface area (Å²) < 4.78 is 5.81. The smallest absolute Gasteiger partial charge is 0.137 e. The van der Waals surface area contributed by atoms with Crippen LogP contribution in [0.25, 0.3) is 21.9 Å². The number of aliphatic hydroxyl groups is 2. The molecule has 0 fully saturated rings. The van der Waals surface area contributed by atoms with Crippen LogP contribution in [0.4, 0.5) is 0 Å². The molecule has 0 aliphatic heterocycles. The van der Waals surface area contributed by atoms with Gasteiger partial charge in [0.2, 0.25) is 0 Å². The van der Waals surface area contributed by atoms with Crippen molar-refractivity contribution in [3.63, 3.8) is 0 Å². The number of hydrogen-bond acceptors (Lipinski definition) is 5. The van der Waals surface area contributed by atoms with E-state index < -0.39 is 6.10 Å². The predicted octanol–water partition coefficient (Wildman–Crippen LogP) is 5.64. The number of rotatable bonds is 10. The van der Waals surface area contributed by atoms with Crippen LogP contribution in [0, 0.1) is 11.3 Å². The molecule has 0 spiro atoms. The number of fused-ring (bicyclic) bond motifs is 1. The Morgan fingerprint density at radius 3 is 2.43 bits per heavy atom. The summed E-state index contributed by atoms with van der Waals surface area (Å²) in [5, 5.41) is 35.7. The number of aliphatic hydroxyl groups excluding tert-OH is 2. The molecule has 0 bridgehead atoms. The zero-order valence-electron chi connectivity index (χ0n) is 21.1. The van der Waals surface area contributed by atoms with Gasteiger partial charge in [-0.2, -0.15) is 5.26 Å². The molecule has 6 heteroatoms. The molecule has 0 heterocycles. The van der Waals surface area contributed by atoms with Crippen LogP contribution in [0.1, 0.15) is 30.5 Å². The molecule has 0 radical (unpaired) electrons. The van der Waals surface area contributed by atoms with Gasteiger partial charge >= 0.3 is 0 Å². The van der Waals surface area contributed by atoms with Crippen LogP contribution in [0.3, 0.4) is 0 Å². The number of benzene rings is 4. The first kappa shape index (κ1) is 28.2. The second-order valence-electron chi connectivity index (χ2n) is 9.73. The van der Waals surface area contributed by atoms with Crippen molar-refractivity contribution in [3.8, 4) is 22.9 Å². The largest absolute Gasteiger partial charge is 0.489 e. The average Bonchev–Trinajstić information content (AvgIpc) is 2.90. The Morgan fingerprint density at radius 2 is 1.68 bits per heavy atom. The molecule has 1 atom stereocenters. The molecule has 0 unspecified atom stereocenters. The molecule has 0 aliphatic rings. The maximum Gasteiger partial charge on any atom is 0.137 e. The number of ether oxygens (including phenoxy) is 1. The van der Waals surface area contributed by atoms with Gasteiger partial charge in [-0.15, -0.1) is 12.4 Å². The Bertz CT molecular complexity index is 1380. The predicted molar refractivity (Wildman–Crippen MR) is 151 cm³/mol. The fourth-order valence-electron chi connectivity index (χ4n) is 4.41. The maximum atomic E-state index is 10.5. The van der Waals surface area contributed by atoms with Crippen molar-refractivity contribution >= 4 is 23.2 Å². The number of hydrogen-bond donors (Lipinski definition) is 3. The fourth-order valence-corrected chi connectivity index (χ4v) is 4.41. The van der Waals surface area contributed by atoms with Gasteiger partial charge in [0.1, 0.15) is 24.5 Å². The minimum atomic E-state index is -0.734. The molecule has 37 heavy (non-hydrogen) atoms. The Kier molecular flexibility index (Phi) is 9.68. The zero-order valence-corrected chi connectivity index (χ0v) is 22.0. The first-order chi connectivity index (χ1) is 17.4. The van der Waals surface area contributed by atoms with Crippen LogP contribution in [0.5, 0.6) is 5.75 Å².